The first-order chi connectivity index (χ1) is 28.8. The van der Waals surface area contributed by atoms with E-state index in [4.69, 9.17) is 18.3 Å². The van der Waals surface area contributed by atoms with Gasteiger partial charge in [-0.1, -0.05) is 32.4 Å². The number of carbonyl (C=O) groups is 4. The summed E-state index contributed by atoms with van der Waals surface area (Å²) in [6.45, 7) is 3.47. The number of nitrogens with one attached hydrogen (secondary N) is 1. The SMILES string of the molecule is [2H]C([2H])([2H])C1(S(=O)(=O)NC(=O)[C@]23CC(=O)[C@@H]4C[C@@H](Oc5ncc(OC)c6ccc(F)cc56)CN4C(=O)[C@@H](CC(=O)OC(C)(C)C(C)(F)F)[C@H](CC)C[C@H](C)CC/C=C\[C@@H]2C3)CC1. The Bertz CT molecular complexity index is 2230. The van der Waals surface area contributed by atoms with Gasteiger partial charge in [0.15, 0.2) is 11.4 Å². The number of methoxy groups -OCH3 is 1. The van der Waals surface area contributed by atoms with E-state index in [1.165, 1.54) is 36.4 Å². The summed E-state index contributed by atoms with van der Waals surface area (Å²) in [5.74, 6) is -9.19. The zero-order valence-corrected chi connectivity index (χ0v) is 35.1. The van der Waals surface area contributed by atoms with Gasteiger partial charge >= 0.3 is 5.97 Å². The number of esters is 1. The number of pyridine rings is 1. The van der Waals surface area contributed by atoms with Crippen molar-refractivity contribution < 1.29 is 59.1 Å². The molecular weight excluding hydrogens is 792 g/mol. The largest absolute Gasteiger partial charge is 0.494 e. The second-order valence-corrected chi connectivity index (χ2v) is 19.5. The van der Waals surface area contributed by atoms with Crippen molar-refractivity contribution >= 4 is 44.4 Å². The maximum atomic E-state index is 15.1. The number of allylic oxidation sites excluding steroid dienone is 2. The number of aromatic nitrogens is 1. The first-order valence-electron chi connectivity index (χ1n) is 21.7. The third-order valence-corrected chi connectivity index (χ3v) is 14.7. The van der Waals surface area contributed by atoms with E-state index in [1.807, 2.05) is 24.6 Å². The highest BCUT2D eigenvalue weighted by Gasteiger charge is 2.63. The van der Waals surface area contributed by atoms with Gasteiger partial charge in [-0.25, -0.2) is 26.6 Å². The molecule has 1 aromatic heterocycles. The number of carbonyl (C=O) groups excluding carboxylic acids is 4. The standard InChI is InChI=1S/C43H56F3N3O9S/c1-8-26-17-25(2)11-9-10-12-27-21-43(27,39(53)48-59(54,55)41(5)15-16-41)22-34(50)33-19-29(57-37-32-18-28(44)13-14-30(32)35(56-7)23-47-37)24-49(33)38(52)31(26)20-36(51)58-40(3,4)42(6,45)46/h10,12-14,18,23,25-27,29,31,33H,8-9,11,15-17,19-22,24H2,1-7H3,(H,48,53)/b12-10-/t25-,26-,27-,29-,31+,33+,43-/m1/s1/i5D3. The summed E-state index contributed by atoms with van der Waals surface area (Å²) in [6.07, 6.45) is 4.57. The molecule has 0 bridgehead atoms. The maximum absolute atomic E-state index is 15.1. The number of fused-ring (bicyclic) bond motifs is 3. The van der Waals surface area contributed by atoms with E-state index in [-0.39, 0.29) is 49.4 Å². The van der Waals surface area contributed by atoms with Gasteiger partial charge in [0.25, 0.3) is 5.92 Å². The average molecular weight is 851 g/mol. The van der Waals surface area contributed by atoms with Gasteiger partial charge in [-0.3, -0.25) is 23.9 Å². The van der Waals surface area contributed by atoms with Crippen molar-refractivity contribution in [3.63, 3.8) is 0 Å². The highest BCUT2D eigenvalue weighted by molar-refractivity contribution is 7.91. The molecular formula is C43H56F3N3O9S. The first kappa shape index (κ1) is 40.2. The predicted octanol–water partition coefficient (Wildman–Crippen LogP) is 7.08. The summed E-state index contributed by atoms with van der Waals surface area (Å²) in [4.78, 5) is 63.2. The van der Waals surface area contributed by atoms with E-state index < -0.39 is 111 Å². The Hall–Kier alpha value is -4.21. The van der Waals surface area contributed by atoms with Crippen molar-refractivity contribution in [3.8, 4) is 11.6 Å². The Morgan fingerprint density at radius 1 is 1.14 bits per heavy atom. The molecule has 0 unspecified atom stereocenters. The zero-order valence-electron chi connectivity index (χ0n) is 37.3. The van der Waals surface area contributed by atoms with E-state index in [0.29, 0.717) is 43.7 Å². The zero-order chi connectivity index (χ0) is 45.8. The smallest absolute Gasteiger partial charge is 0.307 e. The third-order valence-electron chi connectivity index (χ3n) is 12.8. The number of amides is 2. The van der Waals surface area contributed by atoms with Gasteiger partial charge in [0.05, 0.1) is 53.8 Å². The summed E-state index contributed by atoms with van der Waals surface area (Å²) in [5, 5.41) is 0.720. The van der Waals surface area contributed by atoms with Gasteiger partial charge in [-0.15, -0.1) is 0 Å². The Kier molecular flexibility index (Phi) is 11.1. The van der Waals surface area contributed by atoms with Gasteiger partial charge < -0.3 is 19.1 Å². The van der Waals surface area contributed by atoms with Crippen molar-refractivity contribution in [3.05, 3.63) is 42.4 Å². The van der Waals surface area contributed by atoms with Crippen LogP contribution in [0.3, 0.4) is 0 Å². The summed E-state index contributed by atoms with van der Waals surface area (Å²) < 4.78 is 111. The number of benzene rings is 1. The van der Waals surface area contributed by atoms with E-state index in [9.17, 15) is 36.0 Å². The van der Waals surface area contributed by atoms with Crippen molar-refractivity contribution in [2.45, 2.75) is 134 Å². The van der Waals surface area contributed by atoms with Crippen LogP contribution in [0.2, 0.25) is 0 Å². The molecule has 2 aromatic rings. The molecule has 7 atom stereocenters. The van der Waals surface area contributed by atoms with Gasteiger partial charge in [0.2, 0.25) is 27.7 Å². The second-order valence-electron chi connectivity index (χ2n) is 17.5. The van der Waals surface area contributed by atoms with Crippen molar-refractivity contribution in [2.24, 2.45) is 29.1 Å². The van der Waals surface area contributed by atoms with Crippen LogP contribution in [0.15, 0.2) is 36.5 Å². The van der Waals surface area contributed by atoms with Crippen LogP contribution in [0.4, 0.5) is 13.2 Å². The number of ether oxygens (including phenoxy) is 3. The molecule has 2 amide bonds. The van der Waals surface area contributed by atoms with E-state index in [0.717, 1.165) is 13.8 Å². The summed E-state index contributed by atoms with van der Waals surface area (Å²) in [6, 6.07) is 2.65. The minimum absolute atomic E-state index is 0.00797. The minimum Gasteiger partial charge on any atom is -0.494 e. The van der Waals surface area contributed by atoms with Crippen LogP contribution in [0.1, 0.15) is 110 Å². The van der Waals surface area contributed by atoms with Gasteiger partial charge in [-0.05, 0) is 95.2 Å². The fourth-order valence-electron chi connectivity index (χ4n) is 8.43. The lowest BCUT2D eigenvalue weighted by molar-refractivity contribution is -0.197. The molecule has 6 rings (SSSR count). The number of ketones is 1. The van der Waals surface area contributed by atoms with E-state index >= 15 is 4.79 Å². The van der Waals surface area contributed by atoms with E-state index in [2.05, 4.69) is 4.98 Å². The highest BCUT2D eigenvalue weighted by Crippen LogP contribution is 2.58. The Balaban J connectivity index is 1.39. The molecule has 1 N–H and O–H groups in total. The van der Waals surface area contributed by atoms with E-state index in [1.54, 1.807) is 6.08 Å². The topological polar surface area (TPSA) is 158 Å². The normalized spacial score (nSPS) is 30.3. The lowest BCUT2D eigenvalue weighted by Gasteiger charge is -2.35. The van der Waals surface area contributed by atoms with Crippen LogP contribution < -0.4 is 14.2 Å². The highest BCUT2D eigenvalue weighted by atomic mass is 32.2. The Labute approximate surface area is 348 Å². The van der Waals surface area contributed by atoms with Gasteiger partial charge in [-0.2, -0.15) is 0 Å². The Morgan fingerprint density at radius 3 is 2.51 bits per heavy atom. The van der Waals surface area contributed by atoms with Crippen LogP contribution in [-0.4, -0.2) is 83.9 Å². The van der Waals surface area contributed by atoms with Crippen LogP contribution >= 0.6 is 0 Å². The van der Waals surface area contributed by atoms with Gasteiger partial charge in [0.1, 0.15) is 17.7 Å². The number of hydrogen-bond acceptors (Lipinski definition) is 10. The number of rotatable bonds is 11. The van der Waals surface area contributed by atoms with Crippen molar-refractivity contribution in [1.82, 2.24) is 14.6 Å². The molecule has 3 fully saturated rings. The number of hydrogen-bond donors (Lipinski definition) is 1. The monoisotopic (exact) mass is 850 g/mol. The Morgan fingerprint density at radius 2 is 1.86 bits per heavy atom. The molecule has 12 nitrogen and oxygen atoms in total. The lowest BCUT2D eigenvalue weighted by atomic mass is 9.79. The van der Waals surface area contributed by atoms with Crippen LogP contribution in [-0.2, 0) is 33.9 Å². The maximum Gasteiger partial charge on any atom is 0.307 e. The molecule has 1 saturated heterocycles. The average Bonchev–Trinajstić information content (AvgIpc) is 4.09. The fraction of sp³-hybridized carbons (Fsp3) is 0.651. The summed E-state index contributed by atoms with van der Waals surface area (Å²) in [5.41, 5.74) is -3.80. The number of nitrogens with zero attached hydrogens (tertiary/aromatic N) is 2. The molecule has 2 aliphatic heterocycles. The second kappa shape index (κ2) is 16.3. The van der Waals surface area contributed by atoms with Crippen molar-refractivity contribution in [2.75, 3.05) is 13.7 Å². The van der Waals surface area contributed by atoms with Crippen LogP contribution in [0.25, 0.3) is 10.8 Å². The number of alkyl halides is 2. The van der Waals surface area contributed by atoms with Crippen LogP contribution in [0.5, 0.6) is 11.6 Å². The molecule has 3 heterocycles. The van der Waals surface area contributed by atoms with Crippen LogP contribution in [0, 0.1) is 34.9 Å². The number of sulfonamides is 1. The molecule has 0 radical (unpaired) electrons. The minimum atomic E-state index is -4.72. The summed E-state index contributed by atoms with van der Waals surface area (Å²) in [7, 11) is -3.30. The molecule has 2 saturated carbocycles. The molecule has 2 aliphatic carbocycles. The molecule has 1 aromatic carbocycles. The molecule has 59 heavy (non-hydrogen) atoms. The molecule has 324 valence electrons. The summed E-state index contributed by atoms with van der Waals surface area (Å²) >= 11 is 0. The molecule has 4 aliphatic rings. The number of halogens is 3. The molecule has 0 spiro atoms. The quantitative estimate of drug-likeness (QED) is 0.183. The number of Topliss-reactive ketones (excluding diaryl/α,β-unsaturated/α-hetero) is 1. The first-order valence-corrected chi connectivity index (χ1v) is 21.7. The van der Waals surface area contributed by atoms with Crippen molar-refractivity contribution in [1.29, 1.82) is 0 Å². The third kappa shape index (κ3) is 9.12. The van der Waals surface area contributed by atoms with Gasteiger partial charge in [0, 0.05) is 29.3 Å². The fourth-order valence-corrected chi connectivity index (χ4v) is 9.71. The molecule has 16 heteroatoms. The lowest BCUT2D eigenvalue weighted by Crippen LogP contribution is -2.49. The predicted molar refractivity (Wildman–Crippen MR) is 212 cm³/mol.